The van der Waals surface area contributed by atoms with Crippen molar-refractivity contribution >= 4 is 0 Å². The third-order valence-corrected chi connectivity index (χ3v) is 3.91. The van der Waals surface area contributed by atoms with Gasteiger partial charge >= 0.3 is 6.18 Å². The van der Waals surface area contributed by atoms with Crippen molar-refractivity contribution in [2.75, 3.05) is 0 Å². The Morgan fingerprint density at radius 1 is 0.958 bits per heavy atom. The molecule has 0 aliphatic heterocycles. The highest BCUT2D eigenvalue weighted by Crippen LogP contribution is 2.40. The zero-order valence-electron chi connectivity index (χ0n) is 13.0. The lowest BCUT2D eigenvalue weighted by molar-refractivity contribution is -0.180. The Hall–Kier alpha value is -2.70. The van der Waals surface area contributed by atoms with E-state index in [0.29, 0.717) is 22.8 Å². The molecule has 2 heterocycles. The minimum Gasteiger partial charge on any atom is -0.334 e. The molecule has 0 atom stereocenters. The molecule has 3 rings (SSSR count). The van der Waals surface area contributed by atoms with Gasteiger partial charge in [-0.05, 0) is 31.5 Å². The lowest BCUT2D eigenvalue weighted by Crippen LogP contribution is -2.36. The third-order valence-electron chi connectivity index (χ3n) is 3.91. The number of benzene rings is 1. The van der Waals surface area contributed by atoms with Crippen molar-refractivity contribution in [1.82, 2.24) is 15.1 Å². The molecule has 0 unspecified atom stereocenters. The van der Waals surface area contributed by atoms with Crippen molar-refractivity contribution < 1.29 is 17.7 Å². The molecule has 124 valence electrons. The SMILES string of the molecule is CC(C)(c1ccc(-c2noc(-c3cccnc3)n2)cc1)C(F)(F)F. The monoisotopic (exact) mass is 333 g/mol. The summed E-state index contributed by atoms with van der Waals surface area (Å²) < 4.78 is 44.4. The molecule has 0 fully saturated rings. The average Bonchev–Trinajstić information content (AvgIpc) is 3.05. The highest BCUT2D eigenvalue weighted by molar-refractivity contribution is 5.59. The third kappa shape index (κ3) is 2.89. The molecule has 0 spiro atoms. The van der Waals surface area contributed by atoms with Crippen LogP contribution in [0.1, 0.15) is 19.4 Å². The van der Waals surface area contributed by atoms with Gasteiger partial charge in [-0.2, -0.15) is 18.2 Å². The molecule has 0 saturated heterocycles. The predicted molar refractivity (Wildman–Crippen MR) is 82.0 cm³/mol. The summed E-state index contributed by atoms with van der Waals surface area (Å²) in [5.74, 6) is 0.614. The van der Waals surface area contributed by atoms with Gasteiger partial charge in [0.05, 0.1) is 11.0 Å². The van der Waals surface area contributed by atoms with Crippen LogP contribution in [0.2, 0.25) is 0 Å². The lowest BCUT2D eigenvalue weighted by Gasteiger charge is -2.28. The van der Waals surface area contributed by atoms with E-state index in [2.05, 4.69) is 15.1 Å². The summed E-state index contributed by atoms with van der Waals surface area (Å²) in [5.41, 5.74) is -0.500. The van der Waals surface area contributed by atoms with Crippen LogP contribution in [0.4, 0.5) is 13.2 Å². The Morgan fingerprint density at radius 2 is 1.67 bits per heavy atom. The van der Waals surface area contributed by atoms with E-state index in [4.69, 9.17) is 4.52 Å². The summed E-state index contributed by atoms with van der Waals surface area (Å²) in [4.78, 5) is 8.22. The van der Waals surface area contributed by atoms with Crippen LogP contribution in [0.3, 0.4) is 0 Å². The Kier molecular flexibility index (Phi) is 3.87. The van der Waals surface area contributed by atoms with Crippen LogP contribution >= 0.6 is 0 Å². The molecule has 3 aromatic rings. The maximum Gasteiger partial charge on any atom is 0.397 e. The van der Waals surface area contributed by atoms with E-state index in [9.17, 15) is 13.2 Å². The number of alkyl halides is 3. The quantitative estimate of drug-likeness (QED) is 0.701. The zero-order valence-corrected chi connectivity index (χ0v) is 13.0. The summed E-state index contributed by atoms with van der Waals surface area (Å²) in [6, 6.07) is 9.50. The first-order chi connectivity index (χ1) is 11.3. The highest BCUT2D eigenvalue weighted by Gasteiger charge is 2.48. The second kappa shape index (κ2) is 5.74. The topological polar surface area (TPSA) is 51.8 Å². The maximum atomic E-state index is 13.1. The molecule has 0 saturated carbocycles. The second-order valence-corrected chi connectivity index (χ2v) is 5.86. The van der Waals surface area contributed by atoms with Crippen LogP contribution in [0.5, 0.6) is 0 Å². The van der Waals surface area contributed by atoms with Crippen LogP contribution in [-0.4, -0.2) is 21.3 Å². The van der Waals surface area contributed by atoms with Gasteiger partial charge in [-0.3, -0.25) is 4.98 Å². The molecular formula is C17H14F3N3O. The van der Waals surface area contributed by atoms with Crippen molar-refractivity contribution in [3.8, 4) is 22.8 Å². The van der Waals surface area contributed by atoms with Crippen LogP contribution in [-0.2, 0) is 5.41 Å². The maximum absolute atomic E-state index is 13.1. The second-order valence-electron chi connectivity index (χ2n) is 5.86. The average molecular weight is 333 g/mol. The number of halogens is 3. The summed E-state index contributed by atoms with van der Waals surface area (Å²) in [7, 11) is 0. The molecule has 0 radical (unpaired) electrons. The van der Waals surface area contributed by atoms with E-state index >= 15 is 0 Å². The van der Waals surface area contributed by atoms with Gasteiger partial charge in [0.15, 0.2) is 0 Å². The van der Waals surface area contributed by atoms with E-state index in [-0.39, 0.29) is 5.56 Å². The lowest BCUT2D eigenvalue weighted by atomic mass is 9.83. The van der Waals surface area contributed by atoms with Crippen molar-refractivity contribution in [3.63, 3.8) is 0 Å². The summed E-state index contributed by atoms with van der Waals surface area (Å²) >= 11 is 0. The van der Waals surface area contributed by atoms with Gasteiger partial charge < -0.3 is 4.52 Å². The molecule has 0 bridgehead atoms. The minimum atomic E-state index is -4.33. The Morgan fingerprint density at radius 3 is 2.25 bits per heavy atom. The van der Waals surface area contributed by atoms with Gasteiger partial charge in [-0.25, -0.2) is 0 Å². The van der Waals surface area contributed by atoms with Gasteiger partial charge in [0.25, 0.3) is 5.89 Å². The van der Waals surface area contributed by atoms with Crippen LogP contribution < -0.4 is 0 Å². The predicted octanol–water partition coefficient (Wildman–Crippen LogP) is 4.64. The minimum absolute atomic E-state index is 0.176. The molecule has 4 nitrogen and oxygen atoms in total. The van der Waals surface area contributed by atoms with Crippen LogP contribution in [0.15, 0.2) is 53.3 Å². The Balaban J connectivity index is 1.89. The number of hydrogen-bond donors (Lipinski definition) is 0. The number of hydrogen-bond acceptors (Lipinski definition) is 4. The molecule has 0 aliphatic carbocycles. The van der Waals surface area contributed by atoms with Gasteiger partial charge in [0.1, 0.15) is 0 Å². The number of rotatable bonds is 3. The summed E-state index contributed by atoms with van der Waals surface area (Å²) in [5, 5.41) is 3.87. The molecule has 2 aromatic heterocycles. The van der Waals surface area contributed by atoms with Crippen molar-refractivity contribution in [1.29, 1.82) is 0 Å². The molecule has 0 aliphatic rings. The van der Waals surface area contributed by atoms with Crippen molar-refractivity contribution in [2.45, 2.75) is 25.4 Å². The van der Waals surface area contributed by atoms with Crippen molar-refractivity contribution in [3.05, 3.63) is 54.4 Å². The number of pyridine rings is 1. The zero-order chi connectivity index (χ0) is 17.4. The smallest absolute Gasteiger partial charge is 0.334 e. The highest BCUT2D eigenvalue weighted by atomic mass is 19.4. The molecule has 7 heteroatoms. The Labute approximate surface area is 136 Å². The van der Waals surface area contributed by atoms with E-state index in [0.717, 1.165) is 13.8 Å². The van der Waals surface area contributed by atoms with E-state index in [1.807, 2.05) is 0 Å². The van der Waals surface area contributed by atoms with E-state index in [1.54, 1.807) is 36.7 Å². The first kappa shape index (κ1) is 16.2. The summed E-state index contributed by atoms with van der Waals surface area (Å²) in [6.07, 6.45) is -1.11. The fraction of sp³-hybridized carbons (Fsp3) is 0.235. The fourth-order valence-electron chi connectivity index (χ4n) is 2.15. The number of aromatic nitrogens is 3. The fourth-order valence-corrected chi connectivity index (χ4v) is 2.15. The number of nitrogens with zero attached hydrogens (tertiary/aromatic N) is 3. The van der Waals surface area contributed by atoms with E-state index < -0.39 is 11.6 Å². The molecular weight excluding hydrogens is 319 g/mol. The largest absolute Gasteiger partial charge is 0.397 e. The van der Waals surface area contributed by atoms with Gasteiger partial charge in [0, 0.05) is 18.0 Å². The molecule has 24 heavy (non-hydrogen) atoms. The summed E-state index contributed by atoms with van der Waals surface area (Å²) in [6.45, 7) is 2.30. The van der Waals surface area contributed by atoms with Gasteiger partial charge in [-0.1, -0.05) is 29.4 Å². The van der Waals surface area contributed by atoms with E-state index in [1.165, 1.54) is 12.1 Å². The Bertz CT molecular complexity index is 824. The first-order valence-electron chi connectivity index (χ1n) is 7.21. The molecule has 0 N–H and O–H groups in total. The molecule has 0 amide bonds. The standard InChI is InChI=1S/C17H14F3N3O/c1-16(2,17(18,19)20)13-7-5-11(6-8-13)14-22-15(24-23-14)12-4-3-9-21-10-12/h3-10H,1-2H3. The normalized spacial score (nSPS) is 12.4. The van der Waals surface area contributed by atoms with Crippen LogP contribution in [0, 0.1) is 0 Å². The molecule has 1 aromatic carbocycles. The van der Waals surface area contributed by atoms with Gasteiger partial charge in [0.2, 0.25) is 5.82 Å². The van der Waals surface area contributed by atoms with Crippen molar-refractivity contribution in [2.24, 2.45) is 0 Å². The van der Waals surface area contributed by atoms with Crippen LogP contribution in [0.25, 0.3) is 22.8 Å². The van der Waals surface area contributed by atoms with Gasteiger partial charge in [-0.15, -0.1) is 0 Å². The first-order valence-corrected chi connectivity index (χ1v) is 7.21.